The molecule has 2 nitrogen and oxygen atoms in total. The van der Waals surface area contributed by atoms with Gasteiger partial charge in [-0.2, -0.15) is 0 Å². The third-order valence-corrected chi connectivity index (χ3v) is 14.9. The summed E-state index contributed by atoms with van der Waals surface area (Å²) in [5.41, 5.74) is 0. The lowest BCUT2D eigenvalue weighted by atomic mass is 10.2. The Labute approximate surface area is 135 Å². The van der Waals surface area contributed by atoms with Gasteiger partial charge in [-0.1, -0.05) is 41.5 Å². The molecule has 0 bridgehead atoms. The predicted octanol–water partition coefficient (Wildman–Crippen LogP) is 5.95. The SMILES string of the molecule is CC(C)(C)[Si](C)(C)O[C@@H]1CCC[C@H]1O[Si](C)(C)C(C)(C)C. The van der Waals surface area contributed by atoms with E-state index >= 15 is 0 Å². The number of rotatable bonds is 4. The van der Waals surface area contributed by atoms with Crippen LogP contribution in [-0.2, 0) is 8.85 Å². The smallest absolute Gasteiger partial charge is 0.192 e. The highest BCUT2D eigenvalue weighted by molar-refractivity contribution is 6.74. The van der Waals surface area contributed by atoms with Crippen LogP contribution in [0.2, 0.25) is 36.3 Å². The Bertz CT molecular complexity index is 317. The van der Waals surface area contributed by atoms with Crippen LogP contribution in [0.4, 0.5) is 0 Å². The van der Waals surface area contributed by atoms with Gasteiger partial charge in [0.1, 0.15) is 0 Å². The lowest BCUT2D eigenvalue weighted by Gasteiger charge is -2.43. The van der Waals surface area contributed by atoms with Crippen LogP contribution in [0.25, 0.3) is 0 Å². The Balaban J connectivity index is 2.78. The Morgan fingerprint density at radius 3 is 1.19 bits per heavy atom. The van der Waals surface area contributed by atoms with Crippen molar-refractivity contribution in [3.05, 3.63) is 0 Å². The minimum Gasteiger partial charge on any atom is -0.411 e. The molecule has 21 heavy (non-hydrogen) atoms. The maximum absolute atomic E-state index is 6.67. The molecule has 2 atom stereocenters. The summed E-state index contributed by atoms with van der Waals surface area (Å²) in [6.45, 7) is 23.3. The molecule has 0 N–H and O–H groups in total. The molecular weight excluding hydrogens is 292 g/mol. The third-order valence-electron chi connectivity index (χ3n) is 5.90. The molecule has 126 valence electrons. The summed E-state index contributed by atoms with van der Waals surface area (Å²) in [5, 5.41) is 0.550. The molecule has 0 amide bonds. The van der Waals surface area contributed by atoms with Crippen LogP contribution >= 0.6 is 0 Å². The molecule has 1 rings (SSSR count). The number of hydrogen-bond donors (Lipinski definition) is 0. The van der Waals surface area contributed by atoms with Crippen LogP contribution in [0.15, 0.2) is 0 Å². The van der Waals surface area contributed by atoms with Gasteiger partial charge in [0.2, 0.25) is 0 Å². The minimum absolute atomic E-state index is 0.275. The zero-order chi connectivity index (χ0) is 16.7. The second kappa shape index (κ2) is 6.10. The highest BCUT2D eigenvalue weighted by Crippen LogP contribution is 2.43. The third kappa shape index (κ3) is 4.66. The fraction of sp³-hybridized carbons (Fsp3) is 1.00. The molecule has 1 saturated carbocycles. The van der Waals surface area contributed by atoms with Crippen molar-refractivity contribution >= 4 is 16.6 Å². The van der Waals surface area contributed by atoms with Crippen LogP contribution in [0, 0.1) is 0 Å². The lowest BCUT2D eigenvalue weighted by molar-refractivity contribution is 0.0585. The fourth-order valence-corrected chi connectivity index (χ4v) is 5.03. The van der Waals surface area contributed by atoms with Crippen molar-refractivity contribution in [3.8, 4) is 0 Å². The van der Waals surface area contributed by atoms with Crippen LogP contribution in [0.3, 0.4) is 0 Å². The molecule has 4 heteroatoms. The summed E-state index contributed by atoms with van der Waals surface area (Å²) < 4.78 is 13.3. The van der Waals surface area contributed by atoms with E-state index in [9.17, 15) is 0 Å². The fourth-order valence-electron chi connectivity index (χ4n) is 2.27. The Morgan fingerprint density at radius 1 is 0.667 bits per heavy atom. The van der Waals surface area contributed by atoms with Gasteiger partial charge < -0.3 is 8.85 Å². The van der Waals surface area contributed by atoms with E-state index in [1.165, 1.54) is 19.3 Å². The first-order valence-electron chi connectivity index (χ1n) is 8.53. The molecule has 0 heterocycles. The highest BCUT2D eigenvalue weighted by atomic mass is 28.4. The summed E-state index contributed by atoms with van der Waals surface area (Å²) >= 11 is 0. The standard InChI is InChI=1S/C17H38O2Si2/c1-16(2,3)20(7,8)18-14-12-11-13-15(14)19-21(9,10)17(4,5)6/h14-15H,11-13H2,1-10H3/t14-,15-/m1/s1. The maximum atomic E-state index is 6.67. The first-order valence-corrected chi connectivity index (χ1v) is 14.3. The van der Waals surface area contributed by atoms with Gasteiger partial charge in [0.15, 0.2) is 16.6 Å². The summed E-state index contributed by atoms with van der Waals surface area (Å²) in [6, 6.07) is 0. The van der Waals surface area contributed by atoms with E-state index in [1.807, 2.05) is 0 Å². The van der Waals surface area contributed by atoms with Gasteiger partial charge in [-0.15, -0.1) is 0 Å². The first-order chi connectivity index (χ1) is 9.17. The van der Waals surface area contributed by atoms with Crippen molar-refractivity contribution in [2.75, 3.05) is 0 Å². The quantitative estimate of drug-likeness (QED) is 0.593. The van der Waals surface area contributed by atoms with Crippen molar-refractivity contribution < 1.29 is 8.85 Å². The Morgan fingerprint density at radius 2 is 0.952 bits per heavy atom. The molecule has 1 fully saturated rings. The van der Waals surface area contributed by atoms with E-state index in [2.05, 4.69) is 67.7 Å². The Kier molecular flexibility index (Phi) is 5.64. The average molecular weight is 331 g/mol. The normalized spacial score (nSPS) is 25.4. The molecule has 0 aliphatic heterocycles. The summed E-state index contributed by atoms with van der Waals surface area (Å²) in [4.78, 5) is 0. The molecule has 0 aromatic rings. The molecule has 0 aromatic heterocycles. The first kappa shape index (κ1) is 19.4. The van der Waals surface area contributed by atoms with Crippen molar-refractivity contribution in [3.63, 3.8) is 0 Å². The van der Waals surface area contributed by atoms with Gasteiger partial charge in [0.25, 0.3) is 0 Å². The van der Waals surface area contributed by atoms with Gasteiger partial charge in [-0.3, -0.25) is 0 Å². The van der Waals surface area contributed by atoms with E-state index in [0.717, 1.165) is 0 Å². The monoisotopic (exact) mass is 330 g/mol. The second-order valence-electron chi connectivity index (χ2n) is 9.76. The van der Waals surface area contributed by atoms with Gasteiger partial charge >= 0.3 is 0 Å². The largest absolute Gasteiger partial charge is 0.411 e. The molecule has 0 spiro atoms. The topological polar surface area (TPSA) is 18.5 Å². The van der Waals surface area contributed by atoms with Crippen LogP contribution in [0.5, 0.6) is 0 Å². The van der Waals surface area contributed by atoms with Gasteiger partial charge in [-0.25, -0.2) is 0 Å². The zero-order valence-electron chi connectivity index (χ0n) is 16.1. The highest BCUT2D eigenvalue weighted by Gasteiger charge is 2.45. The van der Waals surface area contributed by atoms with Gasteiger partial charge in [0.05, 0.1) is 12.2 Å². The molecular formula is C17H38O2Si2. The van der Waals surface area contributed by atoms with Crippen LogP contribution in [-0.4, -0.2) is 28.8 Å². The van der Waals surface area contributed by atoms with E-state index < -0.39 is 16.6 Å². The molecule has 0 saturated heterocycles. The minimum atomic E-state index is -1.70. The van der Waals surface area contributed by atoms with Crippen LogP contribution < -0.4 is 0 Å². The molecule has 0 radical (unpaired) electrons. The molecule has 0 unspecified atom stereocenters. The molecule has 1 aliphatic carbocycles. The number of hydrogen-bond acceptors (Lipinski definition) is 2. The van der Waals surface area contributed by atoms with E-state index in [-0.39, 0.29) is 10.1 Å². The Hall–Kier alpha value is 0.354. The van der Waals surface area contributed by atoms with Crippen molar-refractivity contribution in [2.45, 2.75) is 109 Å². The van der Waals surface area contributed by atoms with E-state index in [0.29, 0.717) is 12.2 Å². The summed E-state index contributed by atoms with van der Waals surface area (Å²) in [6.07, 6.45) is 4.23. The predicted molar refractivity (Wildman–Crippen MR) is 98.0 cm³/mol. The summed E-state index contributed by atoms with van der Waals surface area (Å²) in [5.74, 6) is 0. The van der Waals surface area contributed by atoms with Gasteiger partial charge in [0, 0.05) is 0 Å². The maximum Gasteiger partial charge on any atom is 0.192 e. The second-order valence-corrected chi connectivity index (χ2v) is 19.3. The summed E-state index contributed by atoms with van der Waals surface area (Å²) in [7, 11) is -3.40. The van der Waals surface area contributed by atoms with Crippen molar-refractivity contribution in [2.24, 2.45) is 0 Å². The van der Waals surface area contributed by atoms with E-state index in [1.54, 1.807) is 0 Å². The lowest BCUT2D eigenvalue weighted by Crippen LogP contribution is -2.50. The zero-order valence-corrected chi connectivity index (χ0v) is 18.1. The van der Waals surface area contributed by atoms with Crippen LogP contribution in [0.1, 0.15) is 60.8 Å². The molecule has 0 aromatic carbocycles. The molecule has 1 aliphatic rings. The van der Waals surface area contributed by atoms with Crippen molar-refractivity contribution in [1.29, 1.82) is 0 Å². The van der Waals surface area contributed by atoms with Crippen molar-refractivity contribution in [1.82, 2.24) is 0 Å². The average Bonchev–Trinajstić information content (AvgIpc) is 2.60. The van der Waals surface area contributed by atoms with Gasteiger partial charge in [-0.05, 0) is 55.5 Å². The van der Waals surface area contributed by atoms with E-state index in [4.69, 9.17) is 8.85 Å².